The largest absolute Gasteiger partial charge is 0.496 e. The smallest absolute Gasteiger partial charge is 0.358 e. The van der Waals surface area contributed by atoms with Crippen LogP contribution in [0.1, 0.15) is 27.2 Å². The third kappa shape index (κ3) is 3.25. The molecule has 1 atom stereocenters. The highest BCUT2D eigenvalue weighted by Gasteiger charge is 2.53. The van der Waals surface area contributed by atoms with Crippen molar-refractivity contribution in [2.24, 2.45) is 7.05 Å². The van der Waals surface area contributed by atoms with Crippen LogP contribution in [-0.2, 0) is 17.4 Å². The first-order valence-electron chi connectivity index (χ1n) is 12.2. The van der Waals surface area contributed by atoms with E-state index in [1.165, 1.54) is 0 Å². The number of nitrogens with zero attached hydrogens (tertiary/aromatic N) is 3. The Morgan fingerprint density at radius 1 is 0.919 bits per heavy atom. The van der Waals surface area contributed by atoms with Crippen molar-refractivity contribution in [3.05, 3.63) is 114 Å². The molecule has 0 saturated carbocycles. The van der Waals surface area contributed by atoms with Crippen LogP contribution in [-0.4, -0.2) is 36.7 Å². The zero-order valence-corrected chi connectivity index (χ0v) is 21.2. The topological polar surface area (TPSA) is 56.6 Å². The van der Waals surface area contributed by atoms with E-state index < -0.39 is 11.6 Å². The van der Waals surface area contributed by atoms with Crippen LogP contribution in [0.3, 0.4) is 0 Å². The van der Waals surface area contributed by atoms with Gasteiger partial charge in [-0.2, -0.15) is 0 Å². The van der Waals surface area contributed by atoms with Gasteiger partial charge in [-0.1, -0.05) is 54.6 Å². The molecule has 184 valence electrons. The van der Waals surface area contributed by atoms with E-state index in [0.29, 0.717) is 17.0 Å². The quantitative estimate of drug-likeness (QED) is 0.293. The van der Waals surface area contributed by atoms with Crippen molar-refractivity contribution in [3.8, 4) is 17.0 Å². The molecule has 5 aromatic rings. The van der Waals surface area contributed by atoms with Crippen molar-refractivity contribution < 1.29 is 14.3 Å². The number of pyridine rings is 1. The number of esters is 1. The van der Waals surface area contributed by atoms with Crippen molar-refractivity contribution in [1.29, 1.82) is 0 Å². The molecular formula is C31H27N3O3. The molecule has 1 aliphatic rings. The Morgan fingerprint density at radius 3 is 2.43 bits per heavy atom. The molecule has 0 fully saturated rings. The minimum atomic E-state index is -1.27. The van der Waals surface area contributed by atoms with E-state index in [4.69, 9.17) is 9.47 Å². The number of aryl methyl sites for hydroxylation is 1. The van der Waals surface area contributed by atoms with Crippen LogP contribution in [0.2, 0.25) is 0 Å². The van der Waals surface area contributed by atoms with Gasteiger partial charge in [-0.15, -0.1) is 0 Å². The van der Waals surface area contributed by atoms with Crippen molar-refractivity contribution in [2.75, 3.05) is 26.1 Å². The second kappa shape index (κ2) is 8.52. The zero-order valence-electron chi connectivity index (χ0n) is 21.2. The summed E-state index contributed by atoms with van der Waals surface area (Å²) in [4.78, 5) is 19.9. The lowest BCUT2D eigenvalue weighted by molar-refractivity contribution is 0.0248. The summed E-state index contributed by atoms with van der Waals surface area (Å²) in [5.74, 6) is 0.170. The van der Waals surface area contributed by atoms with Crippen LogP contribution in [0, 0.1) is 0 Å². The number of cyclic esters (lactones) is 1. The Kier molecular flexibility index (Phi) is 5.26. The number of carbonyl (C=O) groups excluding carboxylic acids is 1. The molecule has 1 aliphatic heterocycles. The van der Waals surface area contributed by atoms with E-state index in [1.54, 1.807) is 13.3 Å². The summed E-state index contributed by atoms with van der Waals surface area (Å²) in [7, 11) is 7.66. The predicted octanol–water partition coefficient (Wildman–Crippen LogP) is 5.78. The number of ether oxygens (including phenoxy) is 2. The van der Waals surface area contributed by atoms with Gasteiger partial charge in [0, 0.05) is 66.7 Å². The third-order valence-corrected chi connectivity index (χ3v) is 7.21. The number of hydrogen-bond acceptors (Lipinski definition) is 5. The average Bonchev–Trinajstić information content (AvgIpc) is 3.40. The number of benzene rings is 3. The fourth-order valence-electron chi connectivity index (χ4n) is 5.55. The maximum Gasteiger partial charge on any atom is 0.358 e. The van der Waals surface area contributed by atoms with Crippen molar-refractivity contribution in [1.82, 2.24) is 9.55 Å². The molecule has 0 radical (unpaired) electrons. The summed E-state index contributed by atoms with van der Waals surface area (Å²) >= 11 is 0. The number of para-hydroxylation sites is 1. The minimum absolute atomic E-state index is 0.313. The molecule has 3 aromatic carbocycles. The molecule has 3 heterocycles. The molecule has 0 aliphatic carbocycles. The van der Waals surface area contributed by atoms with Gasteiger partial charge < -0.3 is 18.9 Å². The van der Waals surface area contributed by atoms with Gasteiger partial charge in [-0.05, 0) is 29.8 Å². The maximum absolute atomic E-state index is 13.5. The van der Waals surface area contributed by atoms with Gasteiger partial charge in [0.25, 0.3) is 0 Å². The second-order valence-corrected chi connectivity index (χ2v) is 9.42. The molecule has 2 aromatic heterocycles. The van der Waals surface area contributed by atoms with Gasteiger partial charge in [-0.25, -0.2) is 9.78 Å². The standard InChI is InChI=1S/C31H27N3O3/c1-33(2)21-16-17-23(26(19-21)36-4)31(24-14-10-18-32-28(24)30(35)37-31)27-22-13-8-9-15-25(22)34(3)29(27)20-11-6-5-7-12-20/h5-19H,1-4H3. The summed E-state index contributed by atoms with van der Waals surface area (Å²) in [5, 5.41) is 0.993. The normalized spacial score (nSPS) is 16.5. The molecule has 0 amide bonds. The van der Waals surface area contributed by atoms with E-state index in [2.05, 4.69) is 40.9 Å². The van der Waals surface area contributed by atoms with Gasteiger partial charge in [-0.3, -0.25) is 0 Å². The Hall–Kier alpha value is -4.58. The van der Waals surface area contributed by atoms with Crippen molar-refractivity contribution in [2.45, 2.75) is 5.60 Å². The number of rotatable bonds is 5. The number of methoxy groups -OCH3 is 1. The van der Waals surface area contributed by atoms with Crippen LogP contribution in [0.4, 0.5) is 5.69 Å². The first-order chi connectivity index (χ1) is 18.0. The lowest BCUT2D eigenvalue weighted by Crippen LogP contribution is -2.31. The van der Waals surface area contributed by atoms with E-state index in [9.17, 15) is 4.79 Å². The average molecular weight is 490 g/mol. The number of fused-ring (bicyclic) bond motifs is 2. The summed E-state index contributed by atoms with van der Waals surface area (Å²) in [6.45, 7) is 0. The third-order valence-electron chi connectivity index (χ3n) is 7.21. The monoisotopic (exact) mass is 489 g/mol. The van der Waals surface area contributed by atoms with Crippen LogP contribution in [0.25, 0.3) is 22.2 Å². The Balaban J connectivity index is 1.81. The molecule has 37 heavy (non-hydrogen) atoms. The van der Waals surface area contributed by atoms with Gasteiger partial charge >= 0.3 is 5.97 Å². The molecule has 0 spiro atoms. The molecule has 6 rings (SSSR count). The van der Waals surface area contributed by atoms with Gasteiger partial charge in [0.2, 0.25) is 0 Å². The van der Waals surface area contributed by atoms with Gasteiger partial charge in [0.15, 0.2) is 11.3 Å². The van der Waals surface area contributed by atoms with Crippen LogP contribution < -0.4 is 9.64 Å². The number of hydrogen-bond donors (Lipinski definition) is 0. The van der Waals surface area contributed by atoms with E-state index >= 15 is 0 Å². The number of aromatic nitrogens is 2. The fraction of sp³-hybridized carbons (Fsp3) is 0.161. The lowest BCUT2D eigenvalue weighted by Gasteiger charge is -2.32. The zero-order chi connectivity index (χ0) is 25.7. The SMILES string of the molecule is COc1cc(N(C)C)ccc1C1(c2c(-c3ccccc3)n(C)c3ccccc23)OC(=O)c2ncccc21. The highest BCUT2D eigenvalue weighted by atomic mass is 16.6. The molecule has 1 unspecified atom stereocenters. The molecule has 6 heteroatoms. The summed E-state index contributed by atoms with van der Waals surface area (Å²) < 4.78 is 14.6. The summed E-state index contributed by atoms with van der Waals surface area (Å²) in [6.07, 6.45) is 1.63. The molecule has 6 nitrogen and oxygen atoms in total. The molecule has 0 saturated heterocycles. The summed E-state index contributed by atoms with van der Waals surface area (Å²) in [5.41, 5.74) is 5.36. The highest BCUT2D eigenvalue weighted by molar-refractivity contribution is 6.00. The molecular weight excluding hydrogens is 462 g/mol. The van der Waals surface area contributed by atoms with Crippen LogP contribution in [0.5, 0.6) is 5.75 Å². The maximum atomic E-state index is 13.5. The van der Waals surface area contributed by atoms with E-state index in [1.807, 2.05) is 79.7 Å². The second-order valence-electron chi connectivity index (χ2n) is 9.42. The summed E-state index contributed by atoms with van der Waals surface area (Å²) in [6, 6.07) is 28.2. The van der Waals surface area contributed by atoms with Crippen molar-refractivity contribution in [3.63, 3.8) is 0 Å². The van der Waals surface area contributed by atoms with E-state index in [0.717, 1.165) is 39.0 Å². The molecule has 0 bridgehead atoms. The van der Waals surface area contributed by atoms with Gasteiger partial charge in [0.1, 0.15) is 5.75 Å². The Bertz CT molecular complexity index is 1660. The predicted molar refractivity (Wildman–Crippen MR) is 145 cm³/mol. The van der Waals surface area contributed by atoms with Gasteiger partial charge in [0.05, 0.1) is 12.8 Å². The lowest BCUT2D eigenvalue weighted by atomic mass is 9.78. The van der Waals surface area contributed by atoms with E-state index in [-0.39, 0.29) is 0 Å². The minimum Gasteiger partial charge on any atom is -0.496 e. The fourth-order valence-corrected chi connectivity index (χ4v) is 5.55. The Morgan fingerprint density at radius 2 is 1.68 bits per heavy atom. The number of anilines is 1. The first-order valence-corrected chi connectivity index (χ1v) is 12.2. The first kappa shape index (κ1) is 22.9. The molecule has 0 N–H and O–H groups in total. The van der Waals surface area contributed by atoms with Crippen LogP contribution in [0.15, 0.2) is 91.1 Å². The van der Waals surface area contributed by atoms with Crippen LogP contribution >= 0.6 is 0 Å². The highest BCUT2D eigenvalue weighted by Crippen LogP contribution is 2.54. The Labute approximate surface area is 215 Å². The number of carbonyl (C=O) groups is 1. The van der Waals surface area contributed by atoms with Crippen molar-refractivity contribution >= 4 is 22.6 Å².